The normalized spacial score (nSPS) is 29.7. The van der Waals surface area contributed by atoms with Crippen molar-refractivity contribution in [3.63, 3.8) is 0 Å². The van der Waals surface area contributed by atoms with Gasteiger partial charge >= 0.3 is 0 Å². The molecule has 0 amide bonds. The standard InChI is InChI=1S/C24H24ClNO6/c1-9(27)17-15(28)7-11-5-10-6-13-20(24(32)18(10)23(31)19(11)22(17)30)16(29)8-12(21(13)25)14-3-2-4-26-14/h8,10-11,14,19,26,29-30,32H,2-7H2,1H3. The van der Waals surface area contributed by atoms with Crippen LogP contribution < -0.4 is 5.32 Å². The highest BCUT2D eigenvalue weighted by Gasteiger charge is 2.50. The highest BCUT2D eigenvalue weighted by Crippen LogP contribution is 2.52. The Kier molecular flexibility index (Phi) is 4.94. The first-order valence-corrected chi connectivity index (χ1v) is 11.3. The molecule has 168 valence electrons. The zero-order chi connectivity index (χ0) is 22.9. The Morgan fingerprint density at radius 2 is 1.94 bits per heavy atom. The number of aliphatic hydroxyl groups excluding tert-OH is 2. The molecule has 4 N–H and O–H groups in total. The molecular weight excluding hydrogens is 434 g/mol. The number of benzene rings is 1. The van der Waals surface area contributed by atoms with Crippen LogP contribution in [0, 0.1) is 17.8 Å². The summed E-state index contributed by atoms with van der Waals surface area (Å²) in [5.41, 5.74) is 1.32. The maximum absolute atomic E-state index is 13.4. The van der Waals surface area contributed by atoms with Gasteiger partial charge in [-0.05, 0) is 68.2 Å². The van der Waals surface area contributed by atoms with Crippen molar-refractivity contribution in [2.24, 2.45) is 17.8 Å². The summed E-state index contributed by atoms with van der Waals surface area (Å²) in [6.07, 6.45) is 2.62. The van der Waals surface area contributed by atoms with E-state index in [9.17, 15) is 29.7 Å². The average molecular weight is 458 g/mol. The van der Waals surface area contributed by atoms with Crippen LogP contribution in [0.2, 0.25) is 5.02 Å². The van der Waals surface area contributed by atoms with Gasteiger partial charge in [-0.15, -0.1) is 0 Å². The molecule has 0 bridgehead atoms. The van der Waals surface area contributed by atoms with Gasteiger partial charge in [0.05, 0.1) is 17.1 Å². The molecule has 1 heterocycles. The average Bonchev–Trinajstić information content (AvgIpc) is 3.24. The lowest BCUT2D eigenvalue weighted by atomic mass is 9.61. The van der Waals surface area contributed by atoms with Crippen molar-refractivity contribution >= 4 is 34.7 Å². The molecule has 4 atom stereocenters. The number of rotatable bonds is 2. The number of carbonyl (C=O) groups excluding carboxylic acids is 3. The second-order valence-corrected chi connectivity index (χ2v) is 9.62. The van der Waals surface area contributed by atoms with Crippen molar-refractivity contribution < 1.29 is 29.7 Å². The Morgan fingerprint density at radius 1 is 1.19 bits per heavy atom. The summed E-state index contributed by atoms with van der Waals surface area (Å²) in [4.78, 5) is 37.7. The fourth-order valence-corrected chi connectivity index (χ4v) is 6.38. The number of ketones is 3. The predicted molar refractivity (Wildman–Crippen MR) is 116 cm³/mol. The van der Waals surface area contributed by atoms with E-state index in [1.165, 1.54) is 6.92 Å². The quantitative estimate of drug-likeness (QED) is 0.501. The number of aliphatic hydroxyl groups is 2. The fraction of sp³-hybridized carbons (Fsp3) is 0.458. The van der Waals surface area contributed by atoms with E-state index in [4.69, 9.17) is 11.6 Å². The number of nitrogens with one attached hydrogen (secondary N) is 1. The summed E-state index contributed by atoms with van der Waals surface area (Å²) in [6.45, 7) is 2.05. The molecule has 5 rings (SSSR count). The van der Waals surface area contributed by atoms with Crippen LogP contribution in [0.25, 0.3) is 5.76 Å². The van der Waals surface area contributed by atoms with E-state index in [0.717, 1.165) is 24.9 Å². The summed E-state index contributed by atoms with van der Waals surface area (Å²) >= 11 is 6.74. The Morgan fingerprint density at radius 3 is 2.59 bits per heavy atom. The second-order valence-electron chi connectivity index (χ2n) is 9.25. The van der Waals surface area contributed by atoms with Gasteiger partial charge in [0.2, 0.25) is 0 Å². The number of fused-ring (bicyclic) bond motifs is 3. The molecule has 1 aromatic carbocycles. The maximum Gasteiger partial charge on any atom is 0.173 e. The van der Waals surface area contributed by atoms with E-state index in [2.05, 4.69) is 5.32 Å². The molecule has 1 aromatic rings. The molecule has 4 unspecified atom stereocenters. The van der Waals surface area contributed by atoms with Crippen molar-refractivity contribution in [1.82, 2.24) is 5.32 Å². The minimum absolute atomic E-state index is 0.00219. The summed E-state index contributed by atoms with van der Waals surface area (Å²) in [7, 11) is 0. The number of carbonyl (C=O) groups is 3. The molecule has 1 aliphatic heterocycles. The van der Waals surface area contributed by atoms with E-state index < -0.39 is 34.9 Å². The second kappa shape index (κ2) is 7.46. The zero-order valence-electron chi connectivity index (χ0n) is 17.6. The third kappa shape index (κ3) is 2.94. The number of Topliss-reactive ketones (excluding diaryl/α,β-unsaturated/α-hetero) is 3. The monoisotopic (exact) mass is 457 g/mol. The van der Waals surface area contributed by atoms with Gasteiger partial charge in [-0.3, -0.25) is 14.4 Å². The maximum atomic E-state index is 13.4. The van der Waals surface area contributed by atoms with Crippen molar-refractivity contribution in [2.45, 2.75) is 45.1 Å². The SMILES string of the molecule is CC(=O)C1=C(O)C2C(=O)C3=C(O)c4c(O)cc(C5CCCN5)c(Cl)c4CC3CC2CC1=O. The van der Waals surface area contributed by atoms with Crippen LogP contribution in [0.3, 0.4) is 0 Å². The van der Waals surface area contributed by atoms with Crippen LogP contribution in [-0.4, -0.2) is 39.2 Å². The van der Waals surface area contributed by atoms with E-state index in [1.54, 1.807) is 6.07 Å². The van der Waals surface area contributed by atoms with Gasteiger partial charge in [0, 0.05) is 23.1 Å². The smallest absolute Gasteiger partial charge is 0.173 e. The van der Waals surface area contributed by atoms with Gasteiger partial charge in [-0.2, -0.15) is 0 Å². The molecule has 0 spiro atoms. The molecule has 8 heteroatoms. The third-order valence-electron chi connectivity index (χ3n) is 7.39. The van der Waals surface area contributed by atoms with Crippen LogP contribution in [0.4, 0.5) is 0 Å². The highest BCUT2D eigenvalue weighted by atomic mass is 35.5. The van der Waals surface area contributed by atoms with Crippen molar-refractivity contribution in [3.8, 4) is 5.75 Å². The molecule has 4 aliphatic rings. The van der Waals surface area contributed by atoms with Crippen LogP contribution >= 0.6 is 11.6 Å². The highest BCUT2D eigenvalue weighted by molar-refractivity contribution is 6.32. The lowest BCUT2D eigenvalue weighted by Crippen LogP contribution is -2.43. The van der Waals surface area contributed by atoms with Gasteiger partial charge < -0.3 is 20.6 Å². The van der Waals surface area contributed by atoms with Crippen LogP contribution in [0.5, 0.6) is 5.75 Å². The number of hydrogen-bond acceptors (Lipinski definition) is 7. The van der Waals surface area contributed by atoms with Gasteiger partial charge in [0.15, 0.2) is 17.3 Å². The van der Waals surface area contributed by atoms with E-state index in [0.29, 0.717) is 23.4 Å². The molecule has 1 saturated carbocycles. The first kappa shape index (κ1) is 21.2. The lowest BCUT2D eigenvalue weighted by Gasteiger charge is -2.41. The largest absolute Gasteiger partial charge is 0.511 e. The summed E-state index contributed by atoms with van der Waals surface area (Å²) in [5.74, 6) is -4.40. The fourth-order valence-electron chi connectivity index (χ4n) is 6.02. The number of aromatic hydroxyl groups is 1. The Labute approximate surface area is 189 Å². The van der Waals surface area contributed by atoms with Crippen LogP contribution in [0.15, 0.2) is 23.0 Å². The van der Waals surface area contributed by atoms with Crippen LogP contribution in [-0.2, 0) is 20.8 Å². The molecule has 2 fully saturated rings. The molecule has 7 nitrogen and oxygen atoms in total. The van der Waals surface area contributed by atoms with Gasteiger partial charge in [0.1, 0.15) is 17.3 Å². The predicted octanol–water partition coefficient (Wildman–Crippen LogP) is 3.49. The van der Waals surface area contributed by atoms with Gasteiger partial charge in [0.25, 0.3) is 0 Å². The van der Waals surface area contributed by atoms with Gasteiger partial charge in [-0.25, -0.2) is 0 Å². The topological polar surface area (TPSA) is 124 Å². The Hall–Kier alpha value is -2.64. The van der Waals surface area contributed by atoms with E-state index >= 15 is 0 Å². The van der Waals surface area contributed by atoms with Crippen LogP contribution in [0.1, 0.15) is 55.3 Å². The lowest BCUT2D eigenvalue weighted by molar-refractivity contribution is -0.127. The third-order valence-corrected chi connectivity index (χ3v) is 7.84. The molecule has 0 radical (unpaired) electrons. The molecular formula is C24H24ClNO6. The molecule has 32 heavy (non-hydrogen) atoms. The minimum atomic E-state index is -1.04. The molecule has 1 saturated heterocycles. The number of phenolic OH excluding ortho intramolecular Hbond substituents is 1. The van der Waals surface area contributed by atoms with Gasteiger partial charge in [-0.1, -0.05) is 11.6 Å². The zero-order valence-corrected chi connectivity index (χ0v) is 18.3. The van der Waals surface area contributed by atoms with Crippen molar-refractivity contribution in [1.29, 1.82) is 0 Å². The summed E-state index contributed by atoms with van der Waals surface area (Å²) in [5, 5.41) is 36.3. The number of hydrogen-bond donors (Lipinski definition) is 4. The Bertz CT molecular complexity index is 1140. The first-order chi connectivity index (χ1) is 15.2. The summed E-state index contributed by atoms with van der Waals surface area (Å²) < 4.78 is 0. The number of allylic oxidation sites excluding steroid dienone is 3. The van der Waals surface area contributed by atoms with Crippen molar-refractivity contribution in [2.75, 3.05) is 6.54 Å². The number of phenols is 1. The minimum Gasteiger partial charge on any atom is -0.511 e. The Balaban J connectivity index is 1.63. The van der Waals surface area contributed by atoms with Crippen molar-refractivity contribution in [3.05, 3.63) is 44.7 Å². The summed E-state index contributed by atoms with van der Waals surface area (Å²) in [6, 6.07) is 1.56. The van der Waals surface area contributed by atoms with E-state index in [-0.39, 0.29) is 46.6 Å². The molecule has 0 aromatic heterocycles. The first-order valence-electron chi connectivity index (χ1n) is 10.9. The number of halogens is 1. The molecule has 3 aliphatic carbocycles. The van der Waals surface area contributed by atoms with E-state index in [1.807, 2.05) is 0 Å².